The molecule has 1 N–H and O–H groups in total. The Morgan fingerprint density at radius 3 is 2.52 bits per heavy atom. The number of carbonyl (C=O) groups is 1. The van der Waals surface area contributed by atoms with Crippen LogP contribution in [0.25, 0.3) is 0 Å². The molecule has 5 nitrogen and oxygen atoms in total. The van der Waals surface area contributed by atoms with Gasteiger partial charge in [-0.1, -0.05) is 6.07 Å². The fraction of sp³-hybridized carbons (Fsp3) is 0.333. The molecule has 0 aliphatic heterocycles. The average Bonchev–Trinajstić information content (AvgIpc) is 2.83. The molecular formula is C15H14F5N3O2. The summed E-state index contributed by atoms with van der Waals surface area (Å²) in [4.78, 5) is 12.0. The summed E-state index contributed by atoms with van der Waals surface area (Å²) < 4.78 is 67.8. The second-order valence-electron chi connectivity index (χ2n) is 5.25. The fourth-order valence-electron chi connectivity index (χ4n) is 2.07. The SMILES string of the molecule is Cc1ccc(OC(F)F)c(NC(=O)Cn2nc(C(F)(F)F)cc2C)c1. The standard InChI is InChI=1S/C15H14F5N3O2/c1-8-3-4-11(25-14(16)17)10(5-8)21-13(24)7-23-9(2)6-12(22-23)15(18,19)20/h3-6,14H,7H2,1-2H3,(H,21,24). The minimum Gasteiger partial charge on any atom is -0.433 e. The topological polar surface area (TPSA) is 56.1 Å². The van der Waals surface area contributed by atoms with Gasteiger partial charge >= 0.3 is 12.8 Å². The normalized spacial score (nSPS) is 11.7. The highest BCUT2D eigenvalue weighted by Crippen LogP contribution is 2.29. The van der Waals surface area contributed by atoms with Gasteiger partial charge in [-0.3, -0.25) is 9.48 Å². The molecule has 1 amide bonds. The van der Waals surface area contributed by atoms with Crippen molar-refractivity contribution in [1.82, 2.24) is 9.78 Å². The van der Waals surface area contributed by atoms with Crippen LogP contribution in [0.3, 0.4) is 0 Å². The van der Waals surface area contributed by atoms with Crippen molar-refractivity contribution in [2.75, 3.05) is 5.32 Å². The van der Waals surface area contributed by atoms with Gasteiger partial charge in [-0.05, 0) is 37.6 Å². The molecule has 0 aliphatic rings. The van der Waals surface area contributed by atoms with Crippen molar-refractivity contribution in [2.45, 2.75) is 33.2 Å². The van der Waals surface area contributed by atoms with E-state index in [9.17, 15) is 26.7 Å². The lowest BCUT2D eigenvalue weighted by Crippen LogP contribution is -2.21. The third-order valence-electron chi connectivity index (χ3n) is 3.19. The highest BCUT2D eigenvalue weighted by molar-refractivity contribution is 5.92. The summed E-state index contributed by atoms with van der Waals surface area (Å²) in [5.41, 5.74) is -0.316. The molecule has 1 aromatic carbocycles. The molecule has 0 radical (unpaired) electrons. The Bertz CT molecular complexity index is 771. The average molecular weight is 363 g/mol. The second-order valence-corrected chi connectivity index (χ2v) is 5.25. The Morgan fingerprint density at radius 2 is 1.96 bits per heavy atom. The van der Waals surface area contributed by atoms with E-state index >= 15 is 0 Å². The lowest BCUT2D eigenvalue weighted by molar-refractivity contribution is -0.141. The van der Waals surface area contributed by atoms with E-state index in [4.69, 9.17) is 0 Å². The van der Waals surface area contributed by atoms with E-state index in [0.717, 1.165) is 10.7 Å². The highest BCUT2D eigenvalue weighted by Gasteiger charge is 2.34. The summed E-state index contributed by atoms with van der Waals surface area (Å²) in [7, 11) is 0. The van der Waals surface area contributed by atoms with Gasteiger partial charge in [0.1, 0.15) is 12.3 Å². The molecule has 10 heteroatoms. The zero-order chi connectivity index (χ0) is 18.8. The van der Waals surface area contributed by atoms with E-state index in [0.29, 0.717) is 5.56 Å². The minimum absolute atomic E-state index is 0.00819. The molecule has 0 atom stereocenters. The molecule has 0 saturated heterocycles. The van der Waals surface area contributed by atoms with Crippen LogP contribution in [0.15, 0.2) is 24.3 Å². The molecule has 2 rings (SSSR count). The van der Waals surface area contributed by atoms with E-state index in [2.05, 4.69) is 15.2 Å². The van der Waals surface area contributed by atoms with Gasteiger partial charge in [0.2, 0.25) is 5.91 Å². The zero-order valence-electron chi connectivity index (χ0n) is 13.2. The zero-order valence-corrected chi connectivity index (χ0v) is 13.2. The first kappa shape index (κ1) is 18.7. The van der Waals surface area contributed by atoms with Gasteiger partial charge in [0.25, 0.3) is 0 Å². The number of amides is 1. The van der Waals surface area contributed by atoms with Crippen LogP contribution in [0.5, 0.6) is 5.75 Å². The number of nitrogens with zero attached hydrogens (tertiary/aromatic N) is 2. The van der Waals surface area contributed by atoms with Crippen molar-refractivity contribution in [3.8, 4) is 5.75 Å². The Balaban J connectivity index is 2.16. The number of alkyl halides is 5. The van der Waals surface area contributed by atoms with Crippen LogP contribution in [0.4, 0.5) is 27.6 Å². The van der Waals surface area contributed by atoms with Gasteiger partial charge < -0.3 is 10.1 Å². The van der Waals surface area contributed by atoms with E-state index < -0.39 is 30.9 Å². The number of hydrogen-bond acceptors (Lipinski definition) is 3. The number of nitrogens with one attached hydrogen (secondary N) is 1. The maximum absolute atomic E-state index is 12.6. The van der Waals surface area contributed by atoms with Gasteiger partial charge in [0.15, 0.2) is 5.69 Å². The highest BCUT2D eigenvalue weighted by atomic mass is 19.4. The molecular weight excluding hydrogens is 349 g/mol. The maximum atomic E-state index is 12.6. The molecule has 2 aromatic rings. The van der Waals surface area contributed by atoms with Crippen LogP contribution in [-0.2, 0) is 17.5 Å². The number of anilines is 1. The maximum Gasteiger partial charge on any atom is 0.435 e. The molecule has 0 unspecified atom stereocenters. The molecule has 0 bridgehead atoms. The van der Waals surface area contributed by atoms with Crippen LogP contribution in [-0.4, -0.2) is 22.3 Å². The summed E-state index contributed by atoms with van der Waals surface area (Å²) in [6, 6.07) is 5.00. The molecule has 136 valence electrons. The molecule has 25 heavy (non-hydrogen) atoms. The van der Waals surface area contributed by atoms with Crippen LogP contribution in [0, 0.1) is 13.8 Å². The Kier molecular flexibility index (Phi) is 5.29. The number of carbonyl (C=O) groups excluding carboxylic acids is 1. The first-order valence-electron chi connectivity index (χ1n) is 7.03. The van der Waals surface area contributed by atoms with Crippen molar-refractivity contribution < 1.29 is 31.5 Å². The van der Waals surface area contributed by atoms with Crippen molar-refractivity contribution in [3.63, 3.8) is 0 Å². The van der Waals surface area contributed by atoms with Crippen LogP contribution < -0.4 is 10.1 Å². The Morgan fingerprint density at radius 1 is 1.28 bits per heavy atom. The van der Waals surface area contributed by atoms with Crippen molar-refractivity contribution in [2.24, 2.45) is 0 Å². The summed E-state index contributed by atoms with van der Waals surface area (Å²) in [6.45, 7) is -0.548. The number of aromatic nitrogens is 2. The predicted octanol–water partition coefficient (Wildman–Crippen LogP) is 3.76. The number of aryl methyl sites for hydroxylation is 2. The lowest BCUT2D eigenvalue weighted by Gasteiger charge is -2.13. The van der Waals surface area contributed by atoms with Crippen molar-refractivity contribution in [1.29, 1.82) is 0 Å². The molecule has 1 aromatic heterocycles. The van der Waals surface area contributed by atoms with Crippen molar-refractivity contribution in [3.05, 3.63) is 41.2 Å². The van der Waals surface area contributed by atoms with Gasteiger partial charge in [0, 0.05) is 5.69 Å². The summed E-state index contributed by atoms with van der Waals surface area (Å²) in [6.07, 6.45) is -4.62. The fourth-order valence-corrected chi connectivity index (χ4v) is 2.07. The number of halogens is 5. The summed E-state index contributed by atoms with van der Waals surface area (Å²) >= 11 is 0. The smallest absolute Gasteiger partial charge is 0.433 e. The van der Waals surface area contributed by atoms with Crippen LogP contribution in [0.2, 0.25) is 0 Å². The van der Waals surface area contributed by atoms with Gasteiger partial charge in [0.05, 0.1) is 5.69 Å². The second kappa shape index (κ2) is 7.08. The van der Waals surface area contributed by atoms with Crippen LogP contribution >= 0.6 is 0 Å². The van der Waals surface area contributed by atoms with E-state index in [1.165, 1.54) is 25.1 Å². The van der Waals surface area contributed by atoms with Gasteiger partial charge in [-0.2, -0.15) is 27.1 Å². The molecule has 0 saturated carbocycles. The largest absolute Gasteiger partial charge is 0.435 e. The van der Waals surface area contributed by atoms with E-state index in [1.54, 1.807) is 6.92 Å². The molecule has 0 aliphatic carbocycles. The van der Waals surface area contributed by atoms with E-state index in [-0.39, 0.29) is 17.1 Å². The lowest BCUT2D eigenvalue weighted by atomic mass is 10.2. The third kappa shape index (κ3) is 4.91. The third-order valence-corrected chi connectivity index (χ3v) is 3.19. The molecule has 0 fully saturated rings. The Labute approximate surface area is 139 Å². The van der Waals surface area contributed by atoms with Gasteiger partial charge in [-0.25, -0.2) is 0 Å². The summed E-state index contributed by atoms with van der Waals surface area (Å²) in [5, 5.41) is 5.67. The minimum atomic E-state index is -4.62. The molecule has 1 heterocycles. The van der Waals surface area contributed by atoms with Crippen LogP contribution in [0.1, 0.15) is 17.0 Å². The number of benzene rings is 1. The monoisotopic (exact) mass is 363 g/mol. The van der Waals surface area contributed by atoms with Gasteiger partial charge in [-0.15, -0.1) is 0 Å². The first-order chi connectivity index (χ1) is 11.6. The van der Waals surface area contributed by atoms with E-state index in [1.807, 2.05) is 0 Å². The van der Waals surface area contributed by atoms with Crippen molar-refractivity contribution >= 4 is 11.6 Å². The Hall–Kier alpha value is -2.65. The number of ether oxygens (including phenoxy) is 1. The summed E-state index contributed by atoms with van der Waals surface area (Å²) in [5.74, 6) is -0.980. The number of hydrogen-bond donors (Lipinski definition) is 1. The quantitative estimate of drug-likeness (QED) is 0.823. The first-order valence-corrected chi connectivity index (χ1v) is 7.03. The molecule has 0 spiro atoms. The number of rotatable bonds is 5. The predicted molar refractivity (Wildman–Crippen MR) is 78.4 cm³/mol.